The van der Waals surface area contributed by atoms with Crippen LogP contribution in [0, 0.1) is 0 Å². The van der Waals surface area contributed by atoms with Gasteiger partial charge in [0.1, 0.15) is 5.75 Å². The molecule has 1 fully saturated rings. The lowest BCUT2D eigenvalue weighted by atomic mass is 10.1. The van der Waals surface area contributed by atoms with Gasteiger partial charge in [0, 0.05) is 6.42 Å². The lowest BCUT2D eigenvalue weighted by molar-refractivity contribution is 0.115. The largest absolute Gasteiger partial charge is 0.489 e. The number of aliphatic hydroxyl groups is 1. The van der Waals surface area contributed by atoms with E-state index < -0.39 is 6.09 Å². The van der Waals surface area contributed by atoms with Crippen molar-refractivity contribution in [3.05, 3.63) is 24.3 Å². The van der Waals surface area contributed by atoms with E-state index in [1.54, 1.807) is 6.07 Å². The molecule has 0 saturated carbocycles. The molecule has 1 amide bonds. The molecule has 0 bridgehead atoms. The highest BCUT2D eigenvalue weighted by molar-refractivity contribution is 5.91. The molecule has 5 nitrogen and oxygen atoms in total. The number of nitrogens with zero attached hydrogens (tertiary/aromatic N) is 1. The van der Waals surface area contributed by atoms with Crippen LogP contribution >= 0.6 is 0 Å². The molecule has 0 spiro atoms. The number of ether oxygens (including phenoxy) is 2. The van der Waals surface area contributed by atoms with Gasteiger partial charge in [-0.2, -0.15) is 0 Å². The Labute approximate surface area is 112 Å². The molecule has 1 N–H and O–H groups in total. The molecule has 0 radical (unpaired) electrons. The predicted octanol–water partition coefficient (Wildman–Crippen LogP) is 2.18. The summed E-state index contributed by atoms with van der Waals surface area (Å²) in [5.74, 6) is 0.620. The summed E-state index contributed by atoms with van der Waals surface area (Å²) in [6.07, 6.45) is 0.178. The number of para-hydroxylation sites is 2. The molecule has 1 saturated heterocycles. The first-order valence-electron chi connectivity index (χ1n) is 6.46. The second-order valence-corrected chi connectivity index (χ2v) is 4.74. The quantitative estimate of drug-likeness (QED) is 0.906. The van der Waals surface area contributed by atoms with Gasteiger partial charge in [0.15, 0.2) is 0 Å². The maximum absolute atomic E-state index is 11.9. The molecule has 19 heavy (non-hydrogen) atoms. The molecule has 1 unspecified atom stereocenters. The number of rotatable bonds is 4. The molecule has 1 aliphatic rings. The lowest BCUT2D eigenvalue weighted by Crippen LogP contribution is -2.48. The summed E-state index contributed by atoms with van der Waals surface area (Å²) in [5, 5.41) is 9.42. The van der Waals surface area contributed by atoms with Crippen LogP contribution in [0.1, 0.15) is 20.3 Å². The summed E-state index contributed by atoms with van der Waals surface area (Å²) in [5.41, 5.74) is 0.639. The van der Waals surface area contributed by atoms with Crippen molar-refractivity contribution in [2.75, 3.05) is 18.1 Å². The van der Waals surface area contributed by atoms with E-state index in [0.717, 1.165) is 0 Å². The number of amides is 1. The maximum atomic E-state index is 11.9. The molecule has 1 heterocycles. The third kappa shape index (κ3) is 2.98. The van der Waals surface area contributed by atoms with Crippen LogP contribution in [-0.4, -0.2) is 36.6 Å². The highest BCUT2D eigenvalue weighted by Crippen LogP contribution is 2.32. The van der Waals surface area contributed by atoms with Crippen molar-refractivity contribution >= 4 is 11.8 Å². The number of cyclic esters (lactones) is 1. The monoisotopic (exact) mass is 265 g/mol. The zero-order chi connectivity index (χ0) is 13.8. The third-order valence-electron chi connectivity index (χ3n) is 2.94. The number of anilines is 1. The van der Waals surface area contributed by atoms with Crippen LogP contribution in [0.2, 0.25) is 0 Å². The molecule has 1 aliphatic heterocycles. The van der Waals surface area contributed by atoms with Gasteiger partial charge in [-0.15, -0.1) is 0 Å². The fraction of sp³-hybridized carbons (Fsp3) is 0.500. The highest BCUT2D eigenvalue weighted by Gasteiger charge is 2.32. The first kappa shape index (κ1) is 13.7. The van der Waals surface area contributed by atoms with E-state index in [2.05, 4.69) is 0 Å². The third-order valence-corrected chi connectivity index (χ3v) is 2.94. The Balaban J connectivity index is 2.35. The van der Waals surface area contributed by atoms with Gasteiger partial charge in [-0.1, -0.05) is 12.1 Å². The molecular formula is C14H19NO4. The van der Waals surface area contributed by atoms with E-state index in [0.29, 0.717) is 24.5 Å². The Morgan fingerprint density at radius 3 is 2.89 bits per heavy atom. The molecule has 104 valence electrons. The first-order valence-corrected chi connectivity index (χ1v) is 6.46. The Morgan fingerprint density at radius 2 is 2.21 bits per heavy atom. The average Bonchev–Trinajstić information content (AvgIpc) is 2.39. The van der Waals surface area contributed by atoms with Crippen LogP contribution in [0.25, 0.3) is 0 Å². The summed E-state index contributed by atoms with van der Waals surface area (Å²) in [6, 6.07) is 7.03. The van der Waals surface area contributed by atoms with E-state index in [1.165, 1.54) is 4.90 Å². The van der Waals surface area contributed by atoms with Crippen LogP contribution < -0.4 is 9.64 Å². The minimum atomic E-state index is -0.440. The molecule has 1 aromatic rings. The Bertz CT molecular complexity index is 447. The van der Waals surface area contributed by atoms with Gasteiger partial charge in [-0.3, -0.25) is 4.90 Å². The highest BCUT2D eigenvalue weighted by atomic mass is 16.6. The van der Waals surface area contributed by atoms with Crippen molar-refractivity contribution in [3.8, 4) is 5.75 Å². The average molecular weight is 265 g/mol. The van der Waals surface area contributed by atoms with Crippen LogP contribution in [0.15, 0.2) is 24.3 Å². The van der Waals surface area contributed by atoms with Crippen molar-refractivity contribution in [1.29, 1.82) is 0 Å². The molecule has 1 atom stereocenters. The van der Waals surface area contributed by atoms with Gasteiger partial charge in [0.05, 0.1) is 31.0 Å². The zero-order valence-electron chi connectivity index (χ0n) is 11.2. The summed E-state index contributed by atoms with van der Waals surface area (Å²) in [4.78, 5) is 13.4. The van der Waals surface area contributed by atoms with Crippen LogP contribution in [0.3, 0.4) is 0 Å². The molecule has 5 heteroatoms. The van der Waals surface area contributed by atoms with Gasteiger partial charge < -0.3 is 14.6 Å². The van der Waals surface area contributed by atoms with E-state index >= 15 is 0 Å². The second-order valence-electron chi connectivity index (χ2n) is 4.74. The number of benzene rings is 1. The van der Waals surface area contributed by atoms with Crippen LogP contribution in [0.5, 0.6) is 5.75 Å². The van der Waals surface area contributed by atoms with Gasteiger partial charge >= 0.3 is 6.09 Å². The van der Waals surface area contributed by atoms with Crippen molar-refractivity contribution in [2.45, 2.75) is 32.4 Å². The Hall–Kier alpha value is -1.75. The van der Waals surface area contributed by atoms with E-state index in [-0.39, 0.29) is 18.8 Å². The summed E-state index contributed by atoms with van der Waals surface area (Å²) >= 11 is 0. The lowest BCUT2D eigenvalue weighted by Gasteiger charge is -2.34. The zero-order valence-corrected chi connectivity index (χ0v) is 11.2. The molecular weight excluding hydrogens is 246 g/mol. The summed E-state index contributed by atoms with van der Waals surface area (Å²) in [7, 11) is 0. The van der Waals surface area contributed by atoms with Crippen molar-refractivity contribution in [1.82, 2.24) is 0 Å². The van der Waals surface area contributed by atoms with E-state index in [9.17, 15) is 9.90 Å². The van der Waals surface area contributed by atoms with Gasteiger partial charge in [-0.25, -0.2) is 4.79 Å². The van der Waals surface area contributed by atoms with Gasteiger partial charge in [0.2, 0.25) is 0 Å². The summed E-state index contributed by atoms with van der Waals surface area (Å²) in [6.45, 7) is 4.10. The molecule has 1 aromatic carbocycles. The minimum absolute atomic E-state index is 0.00883. The smallest absolute Gasteiger partial charge is 0.414 e. The molecule has 0 aromatic heterocycles. The Morgan fingerprint density at radius 1 is 1.47 bits per heavy atom. The number of carbonyl (C=O) groups is 1. The minimum Gasteiger partial charge on any atom is -0.489 e. The molecule has 0 aliphatic carbocycles. The standard InChI is InChI=1S/C14H19NO4/c1-10(2)19-13-6-4-3-5-12(13)15-11(9-16)7-8-18-14(15)17/h3-6,10-11,16H,7-9H2,1-2H3. The first-order chi connectivity index (χ1) is 9.13. The van der Waals surface area contributed by atoms with E-state index in [1.807, 2.05) is 32.0 Å². The number of aliphatic hydroxyl groups excluding tert-OH is 1. The van der Waals surface area contributed by atoms with Gasteiger partial charge in [0.25, 0.3) is 0 Å². The fourth-order valence-corrected chi connectivity index (χ4v) is 2.11. The number of hydrogen-bond donors (Lipinski definition) is 1. The Kier molecular flexibility index (Phi) is 4.27. The van der Waals surface area contributed by atoms with Crippen LogP contribution in [-0.2, 0) is 4.74 Å². The number of hydrogen-bond acceptors (Lipinski definition) is 4. The van der Waals surface area contributed by atoms with Crippen molar-refractivity contribution < 1.29 is 19.4 Å². The van der Waals surface area contributed by atoms with Crippen molar-refractivity contribution in [2.24, 2.45) is 0 Å². The topological polar surface area (TPSA) is 59.0 Å². The van der Waals surface area contributed by atoms with E-state index in [4.69, 9.17) is 9.47 Å². The predicted molar refractivity (Wildman–Crippen MR) is 71.5 cm³/mol. The normalized spacial score (nSPS) is 19.5. The SMILES string of the molecule is CC(C)Oc1ccccc1N1C(=O)OCCC1CO. The number of carbonyl (C=O) groups excluding carboxylic acids is 1. The van der Waals surface area contributed by atoms with Crippen LogP contribution in [0.4, 0.5) is 10.5 Å². The summed E-state index contributed by atoms with van der Waals surface area (Å²) < 4.78 is 10.8. The second kappa shape index (κ2) is 5.93. The van der Waals surface area contributed by atoms with Crippen molar-refractivity contribution in [3.63, 3.8) is 0 Å². The maximum Gasteiger partial charge on any atom is 0.414 e. The molecule has 2 rings (SSSR count). The fourth-order valence-electron chi connectivity index (χ4n) is 2.11. The van der Waals surface area contributed by atoms with Gasteiger partial charge in [-0.05, 0) is 26.0 Å².